The van der Waals surface area contributed by atoms with Crippen LogP contribution in [0.3, 0.4) is 0 Å². The SMILES string of the molecule is C[C@H](Oc1ccc([N+](=O)[O-])cc1)c1ccnc2nc(N=CN(C)C)nn12. The molecule has 1 atom stereocenters. The van der Waals surface area contributed by atoms with Crippen molar-refractivity contribution in [1.82, 2.24) is 24.5 Å². The maximum atomic E-state index is 10.7. The standard InChI is InChI=1S/C16H17N7O3/c1-11(26-13-6-4-12(5-7-13)23(24)25)14-8-9-17-16-19-15(20-22(14)16)18-10-21(2)3/h4-11H,1-3H3/t11-/m0/s1. The van der Waals surface area contributed by atoms with Gasteiger partial charge in [0, 0.05) is 32.4 Å². The fourth-order valence-electron chi connectivity index (χ4n) is 2.24. The van der Waals surface area contributed by atoms with E-state index in [2.05, 4.69) is 20.1 Å². The zero-order valence-electron chi connectivity index (χ0n) is 14.5. The molecular formula is C16H17N7O3. The fraction of sp³-hybridized carbons (Fsp3) is 0.250. The molecule has 10 heteroatoms. The largest absolute Gasteiger partial charge is 0.484 e. The number of ether oxygens (including phenoxy) is 1. The van der Waals surface area contributed by atoms with Crippen molar-refractivity contribution in [2.75, 3.05) is 14.1 Å². The summed E-state index contributed by atoms with van der Waals surface area (Å²) in [7, 11) is 3.70. The Labute approximate surface area is 148 Å². The number of nitro benzene ring substituents is 1. The van der Waals surface area contributed by atoms with Crippen LogP contribution in [-0.4, -0.2) is 49.8 Å². The van der Waals surface area contributed by atoms with E-state index in [0.717, 1.165) is 5.69 Å². The molecule has 0 amide bonds. The third-order valence-electron chi connectivity index (χ3n) is 3.44. The molecule has 0 N–H and O–H groups in total. The van der Waals surface area contributed by atoms with E-state index in [0.29, 0.717) is 17.5 Å². The lowest BCUT2D eigenvalue weighted by atomic mass is 10.2. The first-order valence-electron chi connectivity index (χ1n) is 7.77. The van der Waals surface area contributed by atoms with E-state index in [1.165, 1.54) is 12.1 Å². The number of nitrogens with zero attached hydrogens (tertiary/aromatic N) is 7. The Kier molecular flexibility index (Phi) is 4.74. The Morgan fingerprint density at radius 1 is 1.31 bits per heavy atom. The van der Waals surface area contributed by atoms with Crippen molar-refractivity contribution in [1.29, 1.82) is 0 Å². The summed E-state index contributed by atoms with van der Waals surface area (Å²) in [6.07, 6.45) is 2.84. The van der Waals surface area contributed by atoms with Crippen molar-refractivity contribution in [2.24, 2.45) is 4.99 Å². The Bertz CT molecular complexity index is 950. The Balaban J connectivity index is 1.85. The first-order chi connectivity index (χ1) is 12.4. The number of hydrogen-bond acceptors (Lipinski definition) is 7. The number of rotatable bonds is 6. The molecule has 0 aliphatic rings. The minimum Gasteiger partial charge on any atom is -0.484 e. The summed E-state index contributed by atoms with van der Waals surface area (Å²) < 4.78 is 7.43. The zero-order chi connectivity index (χ0) is 18.7. The van der Waals surface area contributed by atoms with E-state index in [-0.39, 0.29) is 11.8 Å². The minimum absolute atomic E-state index is 0.0102. The monoisotopic (exact) mass is 355 g/mol. The maximum absolute atomic E-state index is 10.7. The molecule has 0 radical (unpaired) electrons. The molecule has 3 rings (SSSR count). The number of fused-ring (bicyclic) bond motifs is 1. The second-order valence-corrected chi connectivity index (χ2v) is 5.71. The molecule has 2 heterocycles. The smallest absolute Gasteiger partial charge is 0.272 e. The molecule has 0 fully saturated rings. The van der Waals surface area contributed by atoms with Crippen molar-refractivity contribution in [3.8, 4) is 5.75 Å². The van der Waals surface area contributed by atoms with Crippen LogP contribution in [0, 0.1) is 10.1 Å². The second kappa shape index (κ2) is 7.13. The molecule has 1 aromatic carbocycles. The number of benzene rings is 1. The lowest BCUT2D eigenvalue weighted by Gasteiger charge is -2.15. The van der Waals surface area contributed by atoms with Crippen LogP contribution in [0.5, 0.6) is 5.75 Å². The van der Waals surface area contributed by atoms with Crippen LogP contribution in [0.25, 0.3) is 5.78 Å². The van der Waals surface area contributed by atoms with Gasteiger partial charge in [-0.3, -0.25) is 10.1 Å². The van der Waals surface area contributed by atoms with E-state index in [4.69, 9.17) is 4.74 Å². The first kappa shape index (κ1) is 17.3. The van der Waals surface area contributed by atoms with Gasteiger partial charge in [-0.2, -0.15) is 9.50 Å². The highest BCUT2D eigenvalue weighted by molar-refractivity contribution is 5.58. The Morgan fingerprint density at radius 3 is 2.69 bits per heavy atom. The van der Waals surface area contributed by atoms with Gasteiger partial charge in [-0.05, 0) is 25.1 Å². The molecule has 10 nitrogen and oxygen atoms in total. The van der Waals surface area contributed by atoms with E-state index in [1.54, 1.807) is 40.1 Å². The summed E-state index contributed by atoms with van der Waals surface area (Å²) in [5, 5.41) is 15.1. The van der Waals surface area contributed by atoms with Gasteiger partial charge in [0.05, 0.1) is 17.0 Å². The van der Waals surface area contributed by atoms with E-state index in [9.17, 15) is 10.1 Å². The average molecular weight is 355 g/mol. The van der Waals surface area contributed by atoms with Gasteiger partial charge < -0.3 is 9.64 Å². The third kappa shape index (κ3) is 3.74. The van der Waals surface area contributed by atoms with Crippen LogP contribution in [0.1, 0.15) is 18.7 Å². The molecule has 0 saturated heterocycles. The average Bonchev–Trinajstić information content (AvgIpc) is 3.03. The number of aromatic nitrogens is 4. The van der Waals surface area contributed by atoms with Gasteiger partial charge in [-0.25, -0.2) is 9.98 Å². The number of hydrogen-bond donors (Lipinski definition) is 0. The van der Waals surface area contributed by atoms with E-state index >= 15 is 0 Å². The van der Waals surface area contributed by atoms with Gasteiger partial charge in [0.2, 0.25) is 0 Å². The van der Waals surface area contributed by atoms with E-state index in [1.807, 2.05) is 21.0 Å². The van der Waals surface area contributed by atoms with Crippen LogP contribution < -0.4 is 4.74 Å². The van der Waals surface area contributed by atoms with Crippen LogP contribution in [0.15, 0.2) is 41.5 Å². The quantitative estimate of drug-likeness (QED) is 0.289. The highest BCUT2D eigenvalue weighted by Gasteiger charge is 2.15. The summed E-state index contributed by atoms with van der Waals surface area (Å²) in [5.74, 6) is 1.22. The van der Waals surface area contributed by atoms with Crippen molar-refractivity contribution >= 4 is 23.8 Å². The lowest BCUT2D eigenvalue weighted by Crippen LogP contribution is -2.10. The fourth-order valence-corrected chi connectivity index (χ4v) is 2.24. The summed E-state index contributed by atoms with van der Waals surface area (Å²) >= 11 is 0. The van der Waals surface area contributed by atoms with Crippen LogP contribution in [0.4, 0.5) is 11.6 Å². The Hall–Kier alpha value is -3.56. The summed E-state index contributed by atoms with van der Waals surface area (Å²) in [6.45, 7) is 1.85. The van der Waals surface area contributed by atoms with Gasteiger partial charge >= 0.3 is 0 Å². The molecule has 0 aliphatic carbocycles. The van der Waals surface area contributed by atoms with Crippen molar-refractivity contribution in [3.05, 3.63) is 52.3 Å². The van der Waals surface area contributed by atoms with Crippen molar-refractivity contribution in [2.45, 2.75) is 13.0 Å². The highest BCUT2D eigenvalue weighted by atomic mass is 16.6. The van der Waals surface area contributed by atoms with Gasteiger partial charge in [0.25, 0.3) is 17.4 Å². The van der Waals surface area contributed by atoms with Crippen molar-refractivity contribution < 1.29 is 9.66 Å². The zero-order valence-corrected chi connectivity index (χ0v) is 14.5. The first-order valence-corrected chi connectivity index (χ1v) is 7.77. The minimum atomic E-state index is -0.454. The van der Waals surface area contributed by atoms with Gasteiger partial charge in [-0.1, -0.05) is 0 Å². The third-order valence-corrected chi connectivity index (χ3v) is 3.44. The number of aliphatic imine (C=N–C) groups is 1. The molecule has 0 unspecified atom stereocenters. The predicted octanol–water partition coefficient (Wildman–Crippen LogP) is 2.39. The molecule has 134 valence electrons. The maximum Gasteiger partial charge on any atom is 0.272 e. The van der Waals surface area contributed by atoms with Crippen molar-refractivity contribution in [3.63, 3.8) is 0 Å². The summed E-state index contributed by atoms with van der Waals surface area (Å²) in [5.41, 5.74) is 0.739. The normalized spacial score (nSPS) is 12.4. The highest BCUT2D eigenvalue weighted by Crippen LogP contribution is 2.24. The number of nitro groups is 1. The van der Waals surface area contributed by atoms with Crippen LogP contribution in [0.2, 0.25) is 0 Å². The van der Waals surface area contributed by atoms with Gasteiger partial charge in [0.1, 0.15) is 11.9 Å². The summed E-state index contributed by atoms with van der Waals surface area (Å²) in [6, 6.07) is 7.68. The van der Waals surface area contributed by atoms with Gasteiger partial charge in [0.15, 0.2) is 0 Å². The van der Waals surface area contributed by atoms with Crippen LogP contribution >= 0.6 is 0 Å². The molecule has 0 bridgehead atoms. The molecule has 2 aromatic heterocycles. The lowest BCUT2D eigenvalue weighted by molar-refractivity contribution is -0.384. The molecule has 26 heavy (non-hydrogen) atoms. The summed E-state index contributed by atoms with van der Waals surface area (Å²) in [4.78, 5) is 24.6. The molecule has 0 spiro atoms. The molecule has 3 aromatic rings. The number of non-ortho nitro benzene ring substituents is 1. The molecule has 0 saturated carbocycles. The molecular weight excluding hydrogens is 338 g/mol. The van der Waals surface area contributed by atoms with Crippen LogP contribution in [-0.2, 0) is 0 Å². The predicted molar refractivity (Wildman–Crippen MR) is 94.8 cm³/mol. The van der Waals surface area contributed by atoms with Gasteiger partial charge in [-0.15, -0.1) is 5.10 Å². The Morgan fingerprint density at radius 2 is 2.04 bits per heavy atom. The second-order valence-electron chi connectivity index (χ2n) is 5.71. The van der Waals surface area contributed by atoms with E-state index < -0.39 is 4.92 Å². The molecule has 0 aliphatic heterocycles. The topological polar surface area (TPSA) is 111 Å².